The molecule has 2 rings (SSSR count). The van der Waals surface area contributed by atoms with E-state index in [-0.39, 0.29) is 22.8 Å². The topological polar surface area (TPSA) is 82.3 Å². The second-order valence-electron chi connectivity index (χ2n) is 5.75. The van der Waals surface area contributed by atoms with Gasteiger partial charge in [0.1, 0.15) is 11.9 Å². The van der Waals surface area contributed by atoms with Gasteiger partial charge in [0.2, 0.25) is 0 Å². The van der Waals surface area contributed by atoms with Crippen LogP contribution in [0.4, 0.5) is 10.1 Å². The highest BCUT2D eigenvalue weighted by molar-refractivity contribution is 7.80. The predicted molar refractivity (Wildman–Crippen MR) is 104 cm³/mol. The number of benzene rings is 1. The van der Waals surface area contributed by atoms with E-state index in [1.165, 1.54) is 35.6 Å². The maximum absolute atomic E-state index is 12.9. The first-order valence-electron chi connectivity index (χ1n) is 7.83. The highest BCUT2D eigenvalue weighted by atomic mass is 32.1. The smallest absolute Gasteiger partial charge is 0.262 e. The van der Waals surface area contributed by atoms with Gasteiger partial charge in [-0.2, -0.15) is 0 Å². The zero-order valence-corrected chi connectivity index (χ0v) is 15.8. The summed E-state index contributed by atoms with van der Waals surface area (Å²) in [5.74, 6) is -1.21. The molecule has 4 N–H and O–H groups in total. The van der Waals surface area contributed by atoms with Crippen molar-refractivity contribution in [2.24, 2.45) is 5.92 Å². The lowest BCUT2D eigenvalue weighted by Crippen LogP contribution is -2.54. The first-order valence-corrected chi connectivity index (χ1v) is 9.12. The average molecular weight is 394 g/mol. The van der Waals surface area contributed by atoms with Crippen LogP contribution in [0, 0.1) is 11.7 Å². The molecule has 0 unspecified atom stereocenters. The third-order valence-electron chi connectivity index (χ3n) is 3.38. The normalized spacial score (nSPS) is 11.5. The third kappa shape index (κ3) is 5.78. The van der Waals surface area contributed by atoms with Crippen LogP contribution in [0.25, 0.3) is 0 Å². The Morgan fingerprint density at radius 1 is 1.12 bits per heavy atom. The van der Waals surface area contributed by atoms with E-state index in [0.717, 1.165) is 0 Å². The van der Waals surface area contributed by atoms with Gasteiger partial charge in [-0.15, -0.1) is 11.3 Å². The van der Waals surface area contributed by atoms with Gasteiger partial charge >= 0.3 is 0 Å². The highest BCUT2D eigenvalue weighted by Crippen LogP contribution is 2.10. The molecule has 0 aliphatic heterocycles. The van der Waals surface area contributed by atoms with Crippen molar-refractivity contribution in [3.8, 4) is 0 Å². The number of thiocarbonyl (C=S) groups is 1. The molecule has 2 amide bonds. The van der Waals surface area contributed by atoms with Crippen LogP contribution in [0.2, 0.25) is 0 Å². The molecule has 1 atom stereocenters. The summed E-state index contributed by atoms with van der Waals surface area (Å²) in [6.07, 6.45) is 0. The van der Waals surface area contributed by atoms with Crippen LogP contribution in [0.1, 0.15) is 23.5 Å². The molecule has 0 saturated carbocycles. The molecule has 6 nitrogen and oxygen atoms in total. The van der Waals surface area contributed by atoms with E-state index in [1.807, 2.05) is 13.8 Å². The fraction of sp³-hybridized carbons (Fsp3) is 0.235. The summed E-state index contributed by atoms with van der Waals surface area (Å²) < 4.78 is 12.9. The predicted octanol–water partition coefficient (Wildman–Crippen LogP) is 2.66. The maximum Gasteiger partial charge on any atom is 0.262 e. The second-order valence-corrected chi connectivity index (χ2v) is 7.10. The van der Waals surface area contributed by atoms with Crippen LogP contribution in [0.5, 0.6) is 0 Å². The minimum absolute atomic E-state index is 0.126. The number of rotatable bonds is 5. The fourth-order valence-electron chi connectivity index (χ4n) is 2.05. The van der Waals surface area contributed by atoms with Gasteiger partial charge in [0.05, 0.1) is 4.88 Å². The quantitative estimate of drug-likeness (QED) is 0.463. The Labute approximate surface area is 160 Å². The van der Waals surface area contributed by atoms with Crippen molar-refractivity contribution in [3.63, 3.8) is 0 Å². The lowest BCUT2D eigenvalue weighted by molar-refractivity contribution is -0.124. The van der Waals surface area contributed by atoms with Gasteiger partial charge in [0.15, 0.2) is 5.11 Å². The van der Waals surface area contributed by atoms with Crippen LogP contribution in [-0.2, 0) is 4.79 Å². The molecule has 0 radical (unpaired) electrons. The van der Waals surface area contributed by atoms with Crippen molar-refractivity contribution in [1.82, 2.24) is 16.2 Å². The largest absolute Gasteiger partial charge is 0.339 e. The lowest BCUT2D eigenvalue weighted by Gasteiger charge is -2.22. The molecule has 0 fully saturated rings. The Hall–Kier alpha value is -2.52. The summed E-state index contributed by atoms with van der Waals surface area (Å²) in [4.78, 5) is 25.1. The number of anilines is 1. The Balaban J connectivity index is 1.87. The molecule has 0 spiro atoms. The highest BCUT2D eigenvalue weighted by Gasteiger charge is 2.25. The summed E-state index contributed by atoms with van der Waals surface area (Å²) in [5, 5.41) is 7.45. The van der Waals surface area contributed by atoms with Crippen molar-refractivity contribution in [3.05, 3.63) is 52.5 Å². The molecule has 1 aromatic carbocycles. The first-order chi connectivity index (χ1) is 12.4. The molecule has 0 bridgehead atoms. The Kier molecular flexibility index (Phi) is 7.05. The molecular weight excluding hydrogens is 375 g/mol. The Morgan fingerprint density at radius 3 is 2.38 bits per heavy atom. The van der Waals surface area contributed by atoms with Crippen LogP contribution in [-0.4, -0.2) is 23.0 Å². The molecule has 1 aromatic heterocycles. The van der Waals surface area contributed by atoms with Crippen molar-refractivity contribution in [1.29, 1.82) is 0 Å². The number of carbonyl (C=O) groups excluding carboxylic acids is 2. The molecular formula is C17H19FN4O2S2. The van der Waals surface area contributed by atoms with Crippen LogP contribution < -0.4 is 21.5 Å². The minimum atomic E-state index is -0.731. The van der Waals surface area contributed by atoms with Crippen molar-refractivity contribution in [2.45, 2.75) is 19.9 Å². The van der Waals surface area contributed by atoms with Crippen LogP contribution in [0.3, 0.4) is 0 Å². The number of hydrogen-bond donors (Lipinski definition) is 4. The molecule has 1 heterocycles. The van der Waals surface area contributed by atoms with Crippen LogP contribution >= 0.6 is 23.6 Å². The molecule has 0 saturated heterocycles. The number of halogens is 1. The number of thiophene rings is 1. The Morgan fingerprint density at radius 2 is 1.81 bits per heavy atom. The number of nitrogens with one attached hydrogen (secondary N) is 4. The summed E-state index contributed by atoms with van der Waals surface area (Å²) >= 11 is 6.38. The van der Waals surface area contributed by atoms with E-state index in [4.69, 9.17) is 12.2 Å². The zero-order valence-electron chi connectivity index (χ0n) is 14.2. The second kappa shape index (κ2) is 9.25. The van der Waals surface area contributed by atoms with Crippen molar-refractivity contribution < 1.29 is 14.0 Å². The summed E-state index contributed by atoms with van der Waals surface area (Å²) in [6, 6.07) is 8.34. The number of hydrazine groups is 1. The SMILES string of the molecule is CC(C)[C@@H](NC(=O)c1cccs1)C(=O)NNC(=S)Nc1ccc(F)cc1. The molecule has 26 heavy (non-hydrogen) atoms. The first kappa shape index (κ1) is 19.8. The monoisotopic (exact) mass is 394 g/mol. The third-order valence-corrected chi connectivity index (χ3v) is 4.45. The van der Waals surface area contributed by atoms with E-state index < -0.39 is 11.9 Å². The molecule has 0 aliphatic carbocycles. The van der Waals surface area contributed by atoms with E-state index in [9.17, 15) is 14.0 Å². The van der Waals surface area contributed by atoms with E-state index >= 15 is 0 Å². The summed E-state index contributed by atoms with van der Waals surface area (Å²) in [7, 11) is 0. The molecule has 9 heteroatoms. The van der Waals surface area contributed by atoms with Gasteiger partial charge in [-0.3, -0.25) is 20.4 Å². The van der Waals surface area contributed by atoms with E-state index in [0.29, 0.717) is 10.6 Å². The van der Waals surface area contributed by atoms with E-state index in [2.05, 4.69) is 21.5 Å². The zero-order chi connectivity index (χ0) is 19.1. The van der Waals surface area contributed by atoms with Gasteiger partial charge in [0, 0.05) is 5.69 Å². The van der Waals surface area contributed by atoms with Gasteiger partial charge in [-0.05, 0) is 53.8 Å². The molecule has 2 aromatic rings. The summed E-state index contributed by atoms with van der Waals surface area (Å²) in [6.45, 7) is 3.65. The van der Waals surface area contributed by atoms with Crippen LogP contribution in [0.15, 0.2) is 41.8 Å². The minimum Gasteiger partial charge on any atom is -0.339 e. The summed E-state index contributed by atoms with van der Waals surface area (Å²) in [5.41, 5.74) is 5.61. The van der Waals surface area contributed by atoms with Gasteiger partial charge in [-0.25, -0.2) is 4.39 Å². The van der Waals surface area contributed by atoms with Gasteiger partial charge < -0.3 is 10.6 Å². The molecule has 0 aliphatic rings. The fourth-order valence-corrected chi connectivity index (χ4v) is 2.84. The number of amides is 2. The average Bonchev–Trinajstić information content (AvgIpc) is 3.14. The van der Waals surface area contributed by atoms with E-state index in [1.54, 1.807) is 17.5 Å². The number of carbonyl (C=O) groups is 2. The van der Waals surface area contributed by atoms with Gasteiger partial charge in [0.25, 0.3) is 11.8 Å². The van der Waals surface area contributed by atoms with Crippen molar-refractivity contribution in [2.75, 3.05) is 5.32 Å². The van der Waals surface area contributed by atoms with Gasteiger partial charge in [-0.1, -0.05) is 19.9 Å². The Bertz CT molecular complexity index is 764. The number of hydrogen-bond acceptors (Lipinski definition) is 4. The van der Waals surface area contributed by atoms with Crippen molar-refractivity contribution >= 4 is 46.2 Å². The maximum atomic E-state index is 12.9. The standard InChI is InChI=1S/C17H19FN4O2S2/c1-10(2)14(20-15(23)13-4-3-9-26-13)16(24)21-22-17(25)19-12-7-5-11(18)6-8-12/h3-10,14H,1-2H3,(H,20,23)(H,21,24)(H2,19,22,25)/t14-/m1/s1. The molecule has 138 valence electrons. The lowest BCUT2D eigenvalue weighted by atomic mass is 10.0.